The van der Waals surface area contributed by atoms with Gasteiger partial charge in [0.05, 0.1) is 0 Å². The van der Waals surface area contributed by atoms with E-state index in [4.69, 9.17) is 0 Å². The Hall–Kier alpha value is -2.17. The third-order valence-electron chi connectivity index (χ3n) is 5.90. The van der Waals surface area contributed by atoms with Crippen molar-refractivity contribution >= 4 is 34.7 Å². The molecule has 1 aliphatic rings. The summed E-state index contributed by atoms with van der Waals surface area (Å²) in [6, 6.07) is 23.3. The molecule has 4 heteroatoms. The highest BCUT2D eigenvalue weighted by atomic mass is 32.2. The Morgan fingerprint density at radius 1 is 0.867 bits per heavy atom. The van der Waals surface area contributed by atoms with Crippen LogP contribution in [0, 0.1) is 11.8 Å². The molecule has 0 aliphatic heterocycles. The molecule has 0 bridgehead atoms. The first-order valence-electron chi connectivity index (χ1n) is 10.5. The first kappa shape index (κ1) is 21.1. The van der Waals surface area contributed by atoms with Crippen molar-refractivity contribution in [3.05, 3.63) is 94.2 Å². The minimum absolute atomic E-state index is 0.0972. The highest BCUT2D eigenvalue weighted by Gasteiger charge is 2.39. The Morgan fingerprint density at radius 2 is 1.57 bits per heavy atom. The molecule has 1 aliphatic carbocycles. The molecule has 1 heterocycles. The summed E-state index contributed by atoms with van der Waals surface area (Å²) >= 11 is 3.66. The number of benzene rings is 2. The summed E-state index contributed by atoms with van der Waals surface area (Å²) < 4.78 is 0. The maximum atomic E-state index is 13.6. The Morgan fingerprint density at radius 3 is 2.23 bits per heavy atom. The van der Waals surface area contributed by atoms with Gasteiger partial charge in [-0.05, 0) is 30.2 Å². The van der Waals surface area contributed by atoms with Gasteiger partial charge in [0.25, 0.3) is 0 Å². The van der Waals surface area contributed by atoms with Gasteiger partial charge in [-0.2, -0.15) is 11.8 Å². The number of ketones is 2. The second-order valence-corrected chi connectivity index (χ2v) is 10.1. The van der Waals surface area contributed by atoms with E-state index >= 15 is 0 Å². The number of rotatable bonds is 8. The summed E-state index contributed by atoms with van der Waals surface area (Å²) in [4.78, 5) is 27.9. The summed E-state index contributed by atoms with van der Waals surface area (Å²) in [5.41, 5.74) is 1.51. The van der Waals surface area contributed by atoms with E-state index in [0.717, 1.165) is 36.1 Å². The lowest BCUT2D eigenvalue weighted by molar-refractivity contribution is 0.0793. The normalized spacial score (nSPS) is 21.3. The Balaban J connectivity index is 1.56. The largest absolute Gasteiger partial charge is 0.294 e. The van der Waals surface area contributed by atoms with E-state index in [1.807, 2.05) is 72.4 Å². The fourth-order valence-electron chi connectivity index (χ4n) is 4.40. The average Bonchev–Trinajstić information content (AvgIpc) is 3.32. The molecule has 30 heavy (non-hydrogen) atoms. The van der Waals surface area contributed by atoms with Crippen molar-refractivity contribution < 1.29 is 9.59 Å². The van der Waals surface area contributed by atoms with E-state index in [1.54, 1.807) is 11.3 Å². The van der Waals surface area contributed by atoms with Gasteiger partial charge in [-0.1, -0.05) is 73.2 Å². The highest BCUT2D eigenvalue weighted by molar-refractivity contribution is 7.99. The number of hydrogen-bond acceptors (Lipinski definition) is 4. The Labute approximate surface area is 186 Å². The molecule has 1 fully saturated rings. The summed E-state index contributed by atoms with van der Waals surface area (Å²) in [7, 11) is 0. The van der Waals surface area contributed by atoms with E-state index < -0.39 is 0 Å². The zero-order valence-electron chi connectivity index (χ0n) is 16.9. The number of carbonyl (C=O) groups is 2. The topological polar surface area (TPSA) is 34.1 Å². The van der Waals surface area contributed by atoms with Gasteiger partial charge in [-0.3, -0.25) is 9.59 Å². The van der Waals surface area contributed by atoms with E-state index in [-0.39, 0.29) is 28.7 Å². The van der Waals surface area contributed by atoms with Crippen LogP contribution < -0.4 is 0 Å². The van der Waals surface area contributed by atoms with Crippen molar-refractivity contribution in [1.29, 1.82) is 0 Å². The van der Waals surface area contributed by atoms with Crippen LogP contribution in [0.5, 0.6) is 0 Å². The van der Waals surface area contributed by atoms with Crippen molar-refractivity contribution in [3.63, 3.8) is 0 Å². The van der Waals surface area contributed by atoms with Crippen LogP contribution in [0.4, 0.5) is 0 Å². The van der Waals surface area contributed by atoms with E-state index in [1.165, 1.54) is 4.88 Å². The van der Waals surface area contributed by atoms with Crippen LogP contribution in [0.15, 0.2) is 78.2 Å². The second-order valence-electron chi connectivity index (χ2n) is 7.87. The van der Waals surface area contributed by atoms with E-state index in [9.17, 15) is 9.59 Å². The molecule has 4 rings (SSSR count). The fraction of sp³-hybridized carbons (Fsp3) is 0.308. The highest BCUT2D eigenvalue weighted by Crippen LogP contribution is 2.42. The zero-order valence-corrected chi connectivity index (χ0v) is 18.5. The number of hydrogen-bond donors (Lipinski definition) is 0. The molecule has 2 nitrogen and oxygen atoms in total. The molecule has 3 atom stereocenters. The maximum Gasteiger partial charge on any atom is 0.167 e. The van der Waals surface area contributed by atoms with Gasteiger partial charge in [0.1, 0.15) is 0 Å². The minimum atomic E-state index is -0.112. The van der Waals surface area contributed by atoms with Crippen LogP contribution in [-0.4, -0.2) is 16.8 Å². The summed E-state index contributed by atoms with van der Waals surface area (Å²) in [6.45, 7) is 0. The van der Waals surface area contributed by atoms with Crippen LogP contribution in [0.2, 0.25) is 0 Å². The van der Waals surface area contributed by atoms with Crippen molar-refractivity contribution in [2.75, 3.05) is 0 Å². The molecule has 154 valence electrons. The lowest BCUT2D eigenvalue weighted by atomic mass is 9.72. The van der Waals surface area contributed by atoms with Crippen molar-refractivity contribution in [3.8, 4) is 0 Å². The second kappa shape index (κ2) is 10.2. The molecule has 1 aromatic heterocycles. The molecule has 2 aromatic carbocycles. The molecule has 1 saturated carbocycles. The molecular weight excluding hydrogens is 408 g/mol. The summed E-state index contributed by atoms with van der Waals surface area (Å²) in [5.74, 6) is 1.26. The molecule has 0 amide bonds. The fourth-order valence-corrected chi connectivity index (χ4v) is 6.73. The molecule has 0 saturated heterocycles. The van der Waals surface area contributed by atoms with Crippen LogP contribution >= 0.6 is 23.1 Å². The van der Waals surface area contributed by atoms with Gasteiger partial charge in [0, 0.05) is 39.3 Å². The van der Waals surface area contributed by atoms with Crippen LogP contribution in [-0.2, 0) is 5.75 Å². The standard InChI is InChI=1S/C26H26O2S2/c27-23(19-9-3-1-4-10-19)17-21-13-7-15-24(30-18-22-14-8-16-29-22)25(21)26(28)20-11-5-2-6-12-20/h1-6,8-12,14,16,21,24-25H,7,13,15,17-18H2/t21-,24-,25-/m1/s1. The lowest BCUT2D eigenvalue weighted by Crippen LogP contribution is -2.38. The minimum Gasteiger partial charge on any atom is -0.294 e. The molecule has 0 unspecified atom stereocenters. The van der Waals surface area contributed by atoms with Gasteiger partial charge in [-0.15, -0.1) is 11.3 Å². The van der Waals surface area contributed by atoms with Gasteiger partial charge in [0.2, 0.25) is 0 Å². The van der Waals surface area contributed by atoms with Crippen LogP contribution in [0.3, 0.4) is 0 Å². The number of thiophene rings is 1. The Bertz CT molecular complexity index is 951. The predicted molar refractivity (Wildman–Crippen MR) is 126 cm³/mol. The molecule has 0 radical (unpaired) electrons. The van der Waals surface area contributed by atoms with E-state index in [0.29, 0.717) is 6.42 Å². The van der Waals surface area contributed by atoms with Crippen molar-refractivity contribution in [2.45, 2.75) is 36.7 Å². The SMILES string of the molecule is O=C(C[C@H]1CCC[C@@H](SCc2cccs2)[C@@H]1C(=O)c1ccccc1)c1ccccc1. The average molecular weight is 435 g/mol. The maximum absolute atomic E-state index is 13.6. The number of carbonyl (C=O) groups excluding carboxylic acids is 2. The number of thioether (sulfide) groups is 1. The van der Waals surface area contributed by atoms with Crippen LogP contribution in [0.25, 0.3) is 0 Å². The van der Waals surface area contributed by atoms with Gasteiger partial charge in [0.15, 0.2) is 11.6 Å². The smallest absolute Gasteiger partial charge is 0.167 e. The van der Waals surface area contributed by atoms with E-state index in [2.05, 4.69) is 17.5 Å². The third kappa shape index (κ3) is 5.11. The quantitative estimate of drug-likeness (QED) is 0.361. The molecular formula is C26H26O2S2. The zero-order chi connectivity index (χ0) is 20.8. The molecule has 0 spiro atoms. The van der Waals surface area contributed by atoms with Crippen LogP contribution in [0.1, 0.15) is 51.3 Å². The molecule has 3 aromatic rings. The van der Waals surface area contributed by atoms with Crippen molar-refractivity contribution in [2.24, 2.45) is 11.8 Å². The first-order valence-corrected chi connectivity index (χ1v) is 12.5. The number of Topliss-reactive ketones (excluding diaryl/α,β-unsaturated/α-hetero) is 2. The lowest BCUT2D eigenvalue weighted by Gasteiger charge is -2.37. The Kier molecular flexibility index (Phi) is 7.19. The summed E-state index contributed by atoms with van der Waals surface area (Å²) in [5, 5.41) is 2.35. The predicted octanol–water partition coefficient (Wildman–Crippen LogP) is 6.92. The molecule has 0 N–H and O–H groups in total. The van der Waals surface area contributed by atoms with Gasteiger partial charge < -0.3 is 0 Å². The first-order chi connectivity index (χ1) is 14.7. The summed E-state index contributed by atoms with van der Waals surface area (Å²) in [6.07, 6.45) is 3.50. The third-order valence-corrected chi connectivity index (χ3v) is 8.39. The van der Waals surface area contributed by atoms with Gasteiger partial charge >= 0.3 is 0 Å². The monoisotopic (exact) mass is 434 g/mol. The van der Waals surface area contributed by atoms with Crippen molar-refractivity contribution in [1.82, 2.24) is 0 Å². The van der Waals surface area contributed by atoms with Gasteiger partial charge in [-0.25, -0.2) is 0 Å².